The number of rotatable bonds is 7. The zero-order chi connectivity index (χ0) is 14.5. The van der Waals surface area contributed by atoms with Gasteiger partial charge in [0.1, 0.15) is 11.3 Å². The SMILES string of the molecule is COCCn1ccc2nc(C)nc(NC(C)COC)c21. The molecule has 0 aliphatic carbocycles. The predicted molar refractivity (Wildman–Crippen MR) is 79.1 cm³/mol. The van der Waals surface area contributed by atoms with Crippen LogP contribution in [0.2, 0.25) is 0 Å². The van der Waals surface area contributed by atoms with E-state index in [9.17, 15) is 0 Å². The molecule has 0 spiro atoms. The number of aromatic nitrogens is 3. The molecular formula is C14H22N4O2. The maximum Gasteiger partial charge on any atom is 0.154 e. The minimum atomic E-state index is 0.184. The zero-order valence-corrected chi connectivity index (χ0v) is 12.5. The van der Waals surface area contributed by atoms with Crippen LogP contribution in [-0.4, -0.2) is 48.0 Å². The predicted octanol–water partition coefficient (Wildman–Crippen LogP) is 1.83. The summed E-state index contributed by atoms with van der Waals surface area (Å²) in [5.41, 5.74) is 1.95. The topological polar surface area (TPSA) is 61.2 Å². The number of nitrogens with zero attached hydrogens (tertiary/aromatic N) is 3. The third kappa shape index (κ3) is 3.26. The maximum atomic E-state index is 5.16. The van der Waals surface area contributed by atoms with Gasteiger partial charge in [0.05, 0.1) is 18.7 Å². The van der Waals surface area contributed by atoms with Crippen LogP contribution in [0, 0.1) is 6.92 Å². The van der Waals surface area contributed by atoms with E-state index in [0.717, 1.165) is 29.2 Å². The Labute approximate surface area is 119 Å². The van der Waals surface area contributed by atoms with Crippen LogP contribution < -0.4 is 5.32 Å². The number of fused-ring (bicyclic) bond motifs is 1. The Hall–Kier alpha value is -1.66. The number of nitrogens with one attached hydrogen (secondary N) is 1. The molecule has 0 bridgehead atoms. The summed E-state index contributed by atoms with van der Waals surface area (Å²) in [5.74, 6) is 1.60. The van der Waals surface area contributed by atoms with E-state index in [-0.39, 0.29) is 6.04 Å². The van der Waals surface area contributed by atoms with Crippen LogP contribution >= 0.6 is 0 Å². The summed E-state index contributed by atoms with van der Waals surface area (Å²) >= 11 is 0. The van der Waals surface area contributed by atoms with E-state index in [4.69, 9.17) is 9.47 Å². The van der Waals surface area contributed by atoms with Gasteiger partial charge in [-0.25, -0.2) is 9.97 Å². The second-order valence-corrected chi connectivity index (χ2v) is 4.86. The van der Waals surface area contributed by atoms with E-state index in [0.29, 0.717) is 13.2 Å². The standard InChI is InChI=1S/C14H22N4O2/c1-10(9-20-4)15-14-13-12(16-11(2)17-14)5-6-18(13)7-8-19-3/h5-6,10H,7-9H2,1-4H3,(H,15,16,17). The molecule has 2 heterocycles. The van der Waals surface area contributed by atoms with E-state index in [1.807, 2.05) is 19.2 Å². The second-order valence-electron chi connectivity index (χ2n) is 4.86. The molecule has 0 fully saturated rings. The molecule has 2 rings (SSSR count). The van der Waals surface area contributed by atoms with Crippen LogP contribution in [0.25, 0.3) is 11.0 Å². The first-order valence-electron chi connectivity index (χ1n) is 6.73. The lowest BCUT2D eigenvalue weighted by Gasteiger charge is -2.16. The Kier molecular flexibility index (Phi) is 4.92. The van der Waals surface area contributed by atoms with Crippen molar-refractivity contribution in [3.05, 3.63) is 18.1 Å². The molecule has 0 aliphatic heterocycles. The zero-order valence-electron chi connectivity index (χ0n) is 12.5. The minimum Gasteiger partial charge on any atom is -0.383 e. The Bertz CT molecular complexity index is 568. The fourth-order valence-corrected chi connectivity index (χ4v) is 2.22. The van der Waals surface area contributed by atoms with E-state index < -0.39 is 0 Å². The highest BCUT2D eigenvalue weighted by molar-refractivity contribution is 5.86. The Morgan fingerprint density at radius 3 is 2.80 bits per heavy atom. The summed E-state index contributed by atoms with van der Waals surface area (Å²) in [6.07, 6.45) is 2.02. The fraction of sp³-hybridized carbons (Fsp3) is 0.571. The van der Waals surface area contributed by atoms with Crippen molar-refractivity contribution in [2.45, 2.75) is 26.4 Å². The third-order valence-electron chi connectivity index (χ3n) is 3.06. The van der Waals surface area contributed by atoms with Gasteiger partial charge in [-0.05, 0) is 19.9 Å². The molecule has 0 radical (unpaired) electrons. The third-order valence-corrected chi connectivity index (χ3v) is 3.06. The molecule has 6 heteroatoms. The number of anilines is 1. The van der Waals surface area contributed by atoms with E-state index in [1.165, 1.54) is 0 Å². The molecule has 1 N–H and O–H groups in total. The number of ether oxygens (including phenoxy) is 2. The summed E-state index contributed by atoms with van der Waals surface area (Å²) in [4.78, 5) is 9.00. The minimum absolute atomic E-state index is 0.184. The highest BCUT2D eigenvalue weighted by atomic mass is 16.5. The van der Waals surface area contributed by atoms with Crippen LogP contribution in [0.3, 0.4) is 0 Å². The van der Waals surface area contributed by atoms with Crippen molar-refractivity contribution < 1.29 is 9.47 Å². The second kappa shape index (κ2) is 6.67. The number of hydrogen-bond donors (Lipinski definition) is 1. The molecule has 110 valence electrons. The smallest absolute Gasteiger partial charge is 0.154 e. The Morgan fingerprint density at radius 1 is 1.30 bits per heavy atom. The first kappa shape index (κ1) is 14.7. The molecule has 0 amide bonds. The molecule has 0 aromatic carbocycles. The lowest BCUT2D eigenvalue weighted by atomic mass is 10.3. The summed E-state index contributed by atoms with van der Waals surface area (Å²) in [6.45, 7) is 6.03. The molecule has 0 aliphatic rings. The molecule has 2 aromatic heterocycles. The first-order valence-corrected chi connectivity index (χ1v) is 6.73. The van der Waals surface area contributed by atoms with Gasteiger partial charge < -0.3 is 19.4 Å². The molecule has 6 nitrogen and oxygen atoms in total. The molecule has 1 atom stereocenters. The van der Waals surface area contributed by atoms with Gasteiger partial charge in [-0.2, -0.15) is 0 Å². The molecule has 2 aromatic rings. The Balaban J connectivity index is 2.36. The number of aryl methyl sites for hydroxylation is 1. The number of hydrogen-bond acceptors (Lipinski definition) is 5. The highest BCUT2D eigenvalue weighted by Gasteiger charge is 2.12. The quantitative estimate of drug-likeness (QED) is 0.837. The van der Waals surface area contributed by atoms with Crippen LogP contribution in [0.5, 0.6) is 0 Å². The van der Waals surface area contributed by atoms with Crippen molar-refractivity contribution in [3.8, 4) is 0 Å². The molecule has 1 unspecified atom stereocenters. The van der Waals surface area contributed by atoms with Gasteiger partial charge in [0.15, 0.2) is 5.82 Å². The average Bonchev–Trinajstić information content (AvgIpc) is 2.79. The monoisotopic (exact) mass is 278 g/mol. The molecule has 0 saturated heterocycles. The highest BCUT2D eigenvalue weighted by Crippen LogP contribution is 2.22. The normalized spacial score (nSPS) is 12.8. The van der Waals surface area contributed by atoms with Crippen molar-refractivity contribution in [1.82, 2.24) is 14.5 Å². The lowest BCUT2D eigenvalue weighted by Crippen LogP contribution is -2.22. The lowest BCUT2D eigenvalue weighted by molar-refractivity contribution is 0.188. The van der Waals surface area contributed by atoms with Gasteiger partial charge in [-0.15, -0.1) is 0 Å². The van der Waals surface area contributed by atoms with Crippen LogP contribution in [0.15, 0.2) is 12.3 Å². The van der Waals surface area contributed by atoms with Crippen LogP contribution in [0.1, 0.15) is 12.7 Å². The van der Waals surface area contributed by atoms with Gasteiger partial charge in [-0.3, -0.25) is 0 Å². The molecule has 0 saturated carbocycles. The summed E-state index contributed by atoms with van der Waals surface area (Å²) in [7, 11) is 3.40. The van der Waals surface area contributed by atoms with Crippen molar-refractivity contribution in [2.75, 3.05) is 32.8 Å². The van der Waals surface area contributed by atoms with Crippen molar-refractivity contribution >= 4 is 16.9 Å². The molecule has 20 heavy (non-hydrogen) atoms. The largest absolute Gasteiger partial charge is 0.383 e. The van der Waals surface area contributed by atoms with Crippen molar-refractivity contribution in [1.29, 1.82) is 0 Å². The van der Waals surface area contributed by atoms with Gasteiger partial charge >= 0.3 is 0 Å². The van der Waals surface area contributed by atoms with E-state index in [2.05, 4.69) is 26.8 Å². The van der Waals surface area contributed by atoms with Gasteiger partial charge in [-0.1, -0.05) is 0 Å². The fourth-order valence-electron chi connectivity index (χ4n) is 2.22. The summed E-state index contributed by atoms with van der Waals surface area (Å²) in [5, 5.41) is 3.39. The van der Waals surface area contributed by atoms with Gasteiger partial charge in [0, 0.05) is 33.0 Å². The Morgan fingerprint density at radius 2 is 2.10 bits per heavy atom. The number of methoxy groups -OCH3 is 2. The first-order chi connectivity index (χ1) is 9.65. The van der Waals surface area contributed by atoms with Crippen LogP contribution in [0.4, 0.5) is 5.82 Å². The average molecular weight is 278 g/mol. The van der Waals surface area contributed by atoms with Crippen molar-refractivity contribution in [3.63, 3.8) is 0 Å². The van der Waals surface area contributed by atoms with Gasteiger partial charge in [0.2, 0.25) is 0 Å². The molecular weight excluding hydrogens is 256 g/mol. The van der Waals surface area contributed by atoms with Crippen molar-refractivity contribution in [2.24, 2.45) is 0 Å². The van der Waals surface area contributed by atoms with E-state index >= 15 is 0 Å². The summed E-state index contributed by atoms with van der Waals surface area (Å²) in [6, 6.07) is 2.19. The van der Waals surface area contributed by atoms with Crippen LogP contribution in [-0.2, 0) is 16.0 Å². The maximum absolute atomic E-state index is 5.16. The van der Waals surface area contributed by atoms with Gasteiger partial charge in [0.25, 0.3) is 0 Å². The summed E-state index contributed by atoms with van der Waals surface area (Å²) < 4.78 is 12.4. The van der Waals surface area contributed by atoms with E-state index in [1.54, 1.807) is 14.2 Å².